The molecule has 13 nitrogen and oxygen atoms in total. The Bertz CT molecular complexity index is 2550. The van der Waals surface area contributed by atoms with E-state index in [9.17, 15) is 18.0 Å². The molecule has 0 radical (unpaired) electrons. The van der Waals surface area contributed by atoms with Crippen LogP contribution in [0.4, 0.5) is 27.5 Å². The van der Waals surface area contributed by atoms with Crippen molar-refractivity contribution in [2.45, 2.75) is 89.9 Å². The Morgan fingerprint density at radius 3 is 2.49 bits per heavy atom. The summed E-state index contributed by atoms with van der Waals surface area (Å²) >= 11 is 1.44. The van der Waals surface area contributed by atoms with Gasteiger partial charge in [0.25, 0.3) is 0 Å². The van der Waals surface area contributed by atoms with Crippen molar-refractivity contribution in [1.29, 1.82) is 0 Å². The van der Waals surface area contributed by atoms with Crippen LogP contribution in [0, 0.1) is 11.7 Å². The van der Waals surface area contributed by atoms with Crippen molar-refractivity contribution in [2.24, 2.45) is 5.92 Å². The van der Waals surface area contributed by atoms with E-state index in [4.69, 9.17) is 15.0 Å². The summed E-state index contributed by atoms with van der Waals surface area (Å²) in [5, 5.41) is 6.65. The van der Waals surface area contributed by atoms with Crippen LogP contribution in [0.15, 0.2) is 73.1 Å². The van der Waals surface area contributed by atoms with E-state index in [1.807, 2.05) is 39.0 Å². The van der Waals surface area contributed by atoms with Crippen LogP contribution < -0.4 is 20.3 Å². The second kappa shape index (κ2) is 18.8. The maximum atomic E-state index is 16.1. The van der Waals surface area contributed by atoms with Gasteiger partial charge in [-0.15, -0.1) is 11.3 Å². The molecule has 3 aromatic heterocycles. The number of anilines is 4. The summed E-state index contributed by atoms with van der Waals surface area (Å²) in [7, 11) is -3.71. The summed E-state index contributed by atoms with van der Waals surface area (Å²) in [6.07, 6.45) is 9.22. The topological polar surface area (TPSA) is 162 Å². The number of imide groups is 1. The number of halogens is 1. The lowest BCUT2D eigenvalue weighted by molar-refractivity contribution is -0.134. The molecule has 3 N–H and O–H groups in total. The summed E-state index contributed by atoms with van der Waals surface area (Å²) in [5.74, 6) is 0.851. The third-order valence-electron chi connectivity index (χ3n) is 12.2. The molecule has 16 heteroatoms. The zero-order chi connectivity index (χ0) is 44.3. The van der Waals surface area contributed by atoms with Gasteiger partial charge in [-0.25, -0.2) is 32.7 Å². The number of piperidine rings is 2. The van der Waals surface area contributed by atoms with E-state index < -0.39 is 15.8 Å². The lowest BCUT2D eigenvalue weighted by Crippen LogP contribution is -2.39. The van der Waals surface area contributed by atoms with Crippen LogP contribution in [0.1, 0.15) is 101 Å². The molecule has 2 atom stereocenters. The lowest BCUT2D eigenvalue weighted by Gasteiger charge is -2.33. The molecule has 0 bridgehead atoms. The highest BCUT2D eigenvalue weighted by Gasteiger charge is 2.31. The second-order valence-electron chi connectivity index (χ2n) is 18.0. The summed E-state index contributed by atoms with van der Waals surface area (Å²) in [4.78, 5) is 48.5. The highest BCUT2D eigenvalue weighted by atomic mass is 32.2. The van der Waals surface area contributed by atoms with E-state index >= 15 is 4.39 Å². The Balaban J connectivity index is 0.872. The monoisotopic (exact) mass is 893 g/mol. The van der Waals surface area contributed by atoms with Gasteiger partial charge in [0.05, 0.1) is 38.6 Å². The third-order valence-corrected chi connectivity index (χ3v) is 15.2. The number of benzene rings is 2. The number of aromatic nitrogens is 4. The molecular weight excluding hydrogens is 838 g/mol. The van der Waals surface area contributed by atoms with Crippen molar-refractivity contribution in [3.63, 3.8) is 0 Å². The highest BCUT2D eigenvalue weighted by molar-refractivity contribution is 7.92. The van der Waals surface area contributed by atoms with Crippen LogP contribution in [-0.2, 0) is 25.0 Å². The molecule has 1 unspecified atom stereocenters. The molecule has 3 saturated heterocycles. The number of hydrogen-bond donors (Lipinski definition) is 3. The smallest absolute Gasteiger partial charge is 0.234 e. The number of likely N-dealkylation sites (tertiary alicyclic amines) is 1. The molecule has 332 valence electrons. The van der Waals surface area contributed by atoms with E-state index in [1.54, 1.807) is 37.5 Å². The van der Waals surface area contributed by atoms with Crippen molar-refractivity contribution in [2.75, 3.05) is 53.4 Å². The number of sulfonamides is 1. The molecule has 2 amide bonds. The van der Waals surface area contributed by atoms with Crippen LogP contribution in [0.5, 0.6) is 0 Å². The SMILES string of the molecule is CCCS(=O)(=O)Nc1cccc(-c2nc(C(C)(C)C)sc2-c2ccnc(Nc3cccc(C4CCN(CC[C@H]5CCN(c6ccc(C7CCC(=O)NC7=O)cn6)C5)CC4)c3)n2)c1F. The van der Waals surface area contributed by atoms with Gasteiger partial charge in [0.2, 0.25) is 27.8 Å². The fraction of sp³-hybridized carbons (Fsp3) is 0.447. The molecule has 3 fully saturated rings. The van der Waals surface area contributed by atoms with Crippen LogP contribution in [0.2, 0.25) is 0 Å². The summed E-state index contributed by atoms with van der Waals surface area (Å²) in [6.45, 7) is 13.0. The van der Waals surface area contributed by atoms with Crippen molar-refractivity contribution in [3.8, 4) is 21.8 Å². The maximum Gasteiger partial charge on any atom is 0.234 e. The number of hydrogen-bond acceptors (Lipinski definition) is 12. The van der Waals surface area contributed by atoms with Gasteiger partial charge in [0.1, 0.15) is 5.82 Å². The van der Waals surface area contributed by atoms with Gasteiger partial charge < -0.3 is 15.1 Å². The first-order chi connectivity index (χ1) is 30.2. The van der Waals surface area contributed by atoms with E-state index in [2.05, 4.69) is 48.3 Å². The molecule has 8 rings (SSSR count). The van der Waals surface area contributed by atoms with Gasteiger partial charge in [-0.1, -0.05) is 52.0 Å². The number of carbonyl (C=O) groups excluding carboxylic acids is 2. The minimum atomic E-state index is -3.71. The number of carbonyl (C=O) groups is 2. The molecule has 6 heterocycles. The molecule has 2 aromatic carbocycles. The summed E-state index contributed by atoms with van der Waals surface area (Å²) in [5.41, 5.74) is 3.76. The standard InChI is InChI=1S/C47H56FN9O4S2/c1-5-26-63(60,61)55-37-11-7-10-36(41(37)48)42-43(62-45(54-42)47(2,3)4)38-16-21-49-46(52-38)51-34-9-6-8-32(27-34)31-19-23-56(24-20-31)22-17-30-18-25-57(29-30)39-14-12-33(28-50-39)35-13-15-40(58)53-44(35)59/h6-12,14,16,21,27-28,30-31,35,55H,5,13,15,17-20,22-26,29H2,1-4H3,(H,49,51,52)(H,53,58,59)/t30-,35?/m0/s1. The maximum absolute atomic E-state index is 16.1. The molecular formula is C47H56FN9O4S2. The van der Waals surface area contributed by atoms with E-state index in [1.165, 1.54) is 23.0 Å². The van der Waals surface area contributed by atoms with Crippen LogP contribution in [0.25, 0.3) is 21.8 Å². The molecule has 0 aliphatic carbocycles. The molecule has 0 spiro atoms. The summed E-state index contributed by atoms with van der Waals surface area (Å²) in [6, 6.07) is 18.9. The van der Waals surface area contributed by atoms with Crippen molar-refractivity contribution in [3.05, 3.63) is 95.0 Å². The van der Waals surface area contributed by atoms with Crippen LogP contribution >= 0.6 is 11.3 Å². The predicted molar refractivity (Wildman–Crippen MR) is 247 cm³/mol. The minimum absolute atomic E-state index is 0.109. The number of rotatable bonds is 14. The minimum Gasteiger partial charge on any atom is -0.356 e. The van der Waals surface area contributed by atoms with Crippen molar-refractivity contribution < 1.29 is 22.4 Å². The molecule has 5 aromatic rings. The third kappa shape index (κ3) is 10.6. The van der Waals surface area contributed by atoms with Gasteiger partial charge in [-0.3, -0.25) is 19.6 Å². The van der Waals surface area contributed by atoms with Gasteiger partial charge in [-0.2, -0.15) is 0 Å². The first-order valence-electron chi connectivity index (χ1n) is 22.0. The van der Waals surface area contributed by atoms with Gasteiger partial charge in [-0.05, 0) is 118 Å². The lowest BCUT2D eigenvalue weighted by atomic mass is 9.89. The van der Waals surface area contributed by atoms with Crippen LogP contribution in [-0.4, -0.2) is 83.5 Å². The Labute approximate surface area is 373 Å². The number of nitrogens with one attached hydrogen (secondary N) is 3. The quantitative estimate of drug-likeness (QED) is 0.0916. The number of pyridine rings is 1. The number of amides is 2. The molecule has 3 aliphatic heterocycles. The molecule has 0 saturated carbocycles. The van der Waals surface area contributed by atoms with Crippen molar-refractivity contribution in [1.82, 2.24) is 30.2 Å². The zero-order valence-electron chi connectivity index (χ0n) is 36.4. The Kier molecular flexibility index (Phi) is 13.2. The van der Waals surface area contributed by atoms with Gasteiger partial charge in [0, 0.05) is 48.6 Å². The van der Waals surface area contributed by atoms with E-state index in [-0.39, 0.29) is 40.2 Å². The Morgan fingerprint density at radius 2 is 1.75 bits per heavy atom. The predicted octanol–water partition coefficient (Wildman–Crippen LogP) is 8.61. The number of nitrogens with zero attached hydrogens (tertiary/aromatic N) is 6. The first kappa shape index (κ1) is 44.3. The van der Waals surface area contributed by atoms with Crippen molar-refractivity contribution >= 4 is 56.3 Å². The number of thiazole rings is 1. The van der Waals surface area contributed by atoms with Crippen LogP contribution in [0.3, 0.4) is 0 Å². The van der Waals surface area contributed by atoms with Gasteiger partial charge >= 0.3 is 0 Å². The summed E-state index contributed by atoms with van der Waals surface area (Å²) < 4.78 is 43.6. The largest absolute Gasteiger partial charge is 0.356 e. The zero-order valence-corrected chi connectivity index (χ0v) is 38.0. The molecule has 3 aliphatic rings. The van der Waals surface area contributed by atoms with E-state index in [0.717, 1.165) is 80.5 Å². The first-order valence-corrected chi connectivity index (χ1v) is 24.5. The average Bonchev–Trinajstić information content (AvgIpc) is 3.93. The molecule has 63 heavy (non-hydrogen) atoms. The normalized spacial score (nSPS) is 19.0. The fourth-order valence-electron chi connectivity index (χ4n) is 8.76. The van der Waals surface area contributed by atoms with E-state index in [0.29, 0.717) is 53.3 Å². The fourth-order valence-corrected chi connectivity index (χ4v) is 11.0. The Morgan fingerprint density at radius 1 is 0.937 bits per heavy atom. The second-order valence-corrected chi connectivity index (χ2v) is 20.9. The Hall–Kier alpha value is -5.32. The van der Waals surface area contributed by atoms with Gasteiger partial charge in [0.15, 0.2) is 5.82 Å². The average molecular weight is 894 g/mol. The highest BCUT2D eigenvalue weighted by Crippen LogP contribution is 2.42.